The molecule has 0 saturated carbocycles. The zero-order valence-electron chi connectivity index (χ0n) is 14.5. The van der Waals surface area contributed by atoms with Crippen LogP contribution in [0.15, 0.2) is 42.6 Å². The lowest BCUT2D eigenvalue weighted by atomic mass is 10.2. The molecule has 1 aromatic carbocycles. The highest BCUT2D eigenvalue weighted by atomic mass is 16.4. The Morgan fingerprint density at radius 1 is 1.15 bits per heavy atom. The molecular formula is C18H19N5O3. The first kappa shape index (κ1) is 17.4. The van der Waals surface area contributed by atoms with Gasteiger partial charge in [0.25, 0.3) is 0 Å². The summed E-state index contributed by atoms with van der Waals surface area (Å²) < 4.78 is 3.00. The number of carboxylic acid groups (broad SMARTS) is 1. The highest BCUT2D eigenvalue weighted by Crippen LogP contribution is 2.17. The smallest absolute Gasteiger partial charge is 0.354 e. The first-order chi connectivity index (χ1) is 12.5. The van der Waals surface area contributed by atoms with E-state index in [1.54, 1.807) is 0 Å². The summed E-state index contributed by atoms with van der Waals surface area (Å²) in [5.41, 5.74) is 3.63. The van der Waals surface area contributed by atoms with Gasteiger partial charge in [-0.3, -0.25) is 4.79 Å². The summed E-state index contributed by atoms with van der Waals surface area (Å²) in [4.78, 5) is 23.2. The molecule has 2 heterocycles. The number of aromatic carboxylic acids is 1. The Balaban J connectivity index is 1.70. The number of hydrogen-bond acceptors (Lipinski definition) is 4. The standard InChI is InChI=1S/C18H19N5O3/c1-12-15(13(2)23(21-12)14-6-4-3-5-7-14)10-19-17(24)11-22-16(18(25)26)8-9-20-22/h3-9H,10-11H2,1-2H3,(H,19,24)(H,25,26). The SMILES string of the molecule is Cc1nn(-c2ccccc2)c(C)c1CNC(=O)Cn1nccc1C(=O)O. The van der Waals surface area contributed by atoms with Crippen LogP contribution in [0.25, 0.3) is 5.69 Å². The molecule has 1 amide bonds. The molecule has 2 N–H and O–H groups in total. The fourth-order valence-corrected chi connectivity index (χ4v) is 2.77. The number of carboxylic acids is 1. The van der Waals surface area contributed by atoms with Crippen LogP contribution in [-0.4, -0.2) is 36.5 Å². The molecule has 0 fully saturated rings. The van der Waals surface area contributed by atoms with E-state index in [1.807, 2.05) is 48.9 Å². The molecule has 26 heavy (non-hydrogen) atoms. The Bertz CT molecular complexity index is 943. The largest absolute Gasteiger partial charge is 0.477 e. The van der Waals surface area contributed by atoms with Gasteiger partial charge in [0.05, 0.1) is 11.4 Å². The Morgan fingerprint density at radius 2 is 1.88 bits per heavy atom. The third-order valence-electron chi connectivity index (χ3n) is 4.13. The quantitative estimate of drug-likeness (QED) is 0.702. The van der Waals surface area contributed by atoms with E-state index in [4.69, 9.17) is 5.11 Å². The van der Waals surface area contributed by atoms with Crippen molar-refractivity contribution in [2.24, 2.45) is 0 Å². The molecule has 134 valence electrons. The van der Waals surface area contributed by atoms with E-state index in [0.717, 1.165) is 27.3 Å². The molecule has 8 nitrogen and oxygen atoms in total. The van der Waals surface area contributed by atoms with E-state index in [1.165, 1.54) is 12.3 Å². The number of para-hydroxylation sites is 1. The number of benzene rings is 1. The van der Waals surface area contributed by atoms with Gasteiger partial charge < -0.3 is 10.4 Å². The minimum absolute atomic E-state index is 0.0237. The average molecular weight is 353 g/mol. The van der Waals surface area contributed by atoms with Gasteiger partial charge in [-0.1, -0.05) is 18.2 Å². The van der Waals surface area contributed by atoms with Gasteiger partial charge in [0.15, 0.2) is 0 Å². The third kappa shape index (κ3) is 3.49. The van der Waals surface area contributed by atoms with E-state index in [2.05, 4.69) is 15.5 Å². The van der Waals surface area contributed by atoms with Crippen LogP contribution in [0.5, 0.6) is 0 Å². The van der Waals surface area contributed by atoms with Crippen molar-refractivity contribution in [2.75, 3.05) is 0 Å². The van der Waals surface area contributed by atoms with Crippen LogP contribution in [-0.2, 0) is 17.9 Å². The molecule has 8 heteroatoms. The number of aromatic nitrogens is 4. The Labute approximate surface area is 150 Å². The normalized spacial score (nSPS) is 10.7. The van der Waals surface area contributed by atoms with Crippen LogP contribution >= 0.6 is 0 Å². The molecule has 0 saturated heterocycles. The van der Waals surface area contributed by atoms with Crippen LogP contribution in [0.2, 0.25) is 0 Å². The van der Waals surface area contributed by atoms with Crippen LogP contribution in [0.4, 0.5) is 0 Å². The zero-order chi connectivity index (χ0) is 18.7. The minimum atomic E-state index is -1.12. The molecule has 0 atom stereocenters. The summed E-state index contributed by atoms with van der Waals surface area (Å²) >= 11 is 0. The predicted octanol–water partition coefficient (Wildman–Crippen LogP) is 1.70. The Hall–Kier alpha value is -3.42. The molecule has 3 aromatic rings. The molecule has 0 bridgehead atoms. The minimum Gasteiger partial charge on any atom is -0.477 e. The van der Waals surface area contributed by atoms with Crippen molar-refractivity contribution in [2.45, 2.75) is 26.9 Å². The number of nitrogens with zero attached hydrogens (tertiary/aromatic N) is 4. The summed E-state index contributed by atoms with van der Waals surface area (Å²) in [5.74, 6) is -1.44. The summed E-state index contributed by atoms with van der Waals surface area (Å²) in [7, 11) is 0. The molecular weight excluding hydrogens is 334 g/mol. The monoisotopic (exact) mass is 353 g/mol. The number of carbonyl (C=O) groups excluding carboxylic acids is 1. The van der Waals surface area contributed by atoms with E-state index < -0.39 is 5.97 Å². The maximum absolute atomic E-state index is 12.2. The molecule has 0 aliphatic heterocycles. The van der Waals surface area contributed by atoms with Crippen LogP contribution in [0.1, 0.15) is 27.4 Å². The van der Waals surface area contributed by atoms with Crippen molar-refractivity contribution in [3.8, 4) is 5.69 Å². The summed E-state index contributed by atoms with van der Waals surface area (Å²) in [6.07, 6.45) is 1.36. The van der Waals surface area contributed by atoms with E-state index in [9.17, 15) is 9.59 Å². The molecule has 0 unspecified atom stereocenters. The van der Waals surface area contributed by atoms with Gasteiger partial charge in [-0.15, -0.1) is 0 Å². The third-order valence-corrected chi connectivity index (χ3v) is 4.13. The van der Waals surface area contributed by atoms with Gasteiger partial charge in [-0.05, 0) is 32.0 Å². The summed E-state index contributed by atoms with van der Waals surface area (Å²) in [6.45, 7) is 4.00. The molecule has 2 aromatic heterocycles. The van der Waals surface area contributed by atoms with Crippen molar-refractivity contribution in [3.05, 3.63) is 65.2 Å². The van der Waals surface area contributed by atoms with Gasteiger partial charge in [-0.25, -0.2) is 14.2 Å². The topological polar surface area (TPSA) is 102 Å². The summed E-state index contributed by atoms with van der Waals surface area (Å²) in [5, 5.41) is 20.3. The van der Waals surface area contributed by atoms with Crippen LogP contribution < -0.4 is 5.32 Å². The number of amides is 1. The molecule has 3 rings (SSSR count). The number of nitrogens with one attached hydrogen (secondary N) is 1. The zero-order valence-corrected chi connectivity index (χ0v) is 14.5. The fourth-order valence-electron chi connectivity index (χ4n) is 2.77. The predicted molar refractivity (Wildman–Crippen MR) is 94.1 cm³/mol. The van der Waals surface area contributed by atoms with Gasteiger partial charge in [0, 0.05) is 24.0 Å². The second-order valence-electron chi connectivity index (χ2n) is 5.85. The van der Waals surface area contributed by atoms with E-state index in [0.29, 0.717) is 6.54 Å². The van der Waals surface area contributed by atoms with E-state index >= 15 is 0 Å². The number of aryl methyl sites for hydroxylation is 1. The first-order valence-corrected chi connectivity index (χ1v) is 8.09. The van der Waals surface area contributed by atoms with Gasteiger partial charge in [-0.2, -0.15) is 10.2 Å². The van der Waals surface area contributed by atoms with Gasteiger partial charge in [0.2, 0.25) is 5.91 Å². The lowest BCUT2D eigenvalue weighted by Crippen LogP contribution is -2.29. The average Bonchev–Trinajstić information content (AvgIpc) is 3.19. The summed E-state index contributed by atoms with van der Waals surface area (Å²) in [6, 6.07) is 11.1. The Morgan fingerprint density at radius 3 is 2.58 bits per heavy atom. The molecule has 0 aliphatic rings. The second kappa shape index (κ2) is 7.22. The maximum atomic E-state index is 12.2. The van der Waals surface area contributed by atoms with Crippen molar-refractivity contribution in [1.29, 1.82) is 0 Å². The lowest BCUT2D eigenvalue weighted by molar-refractivity contribution is -0.122. The van der Waals surface area contributed by atoms with Crippen molar-refractivity contribution >= 4 is 11.9 Å². The highest BCUT2D eigenvalue weighted by Gasteiger charge is 2.16. The number of carbonyl (C=O) groups is 2. The van der Waals surface area contributed by atoms with Gasteiger partial charge >= 0.3 is 5.97 Å². The Kier molecular flexibility index (Phi) is 4.83. The van der Waals surface area contributed by atoms with E-state index in [-0.39, 0.29) is 18.1 Å². The van der Waals surface area contributed by atoms with Crippen LogP contribution in [0.3, 0.4) is 0 Å². The lowest BCUT2D eigenvalue weighted by Gasteiger charge is -2.08. The fraction of sp³-hybridized carbons (Fsp3) is 0.222. The molecule has 0 radical (unpaired) electrons. The van der Waals surface area contributed by atoms with Crippen molar-refractivity contribution in [3.63, 3.8) is 0 Å². The highest BCUT2D eigenvalue weighted by molar-refractivity contribution is 5.86. The number of hydrogen-bond donors (Lipinski definition) is 2. The van der Waals surface area contributed by atoms with Crippen molar-refractivity contribution in [1.82, 2.24) is 24.9 Å². The first-order valence-electron chi connectivity index (χ1n) is 8.09. The van der Waals surface area contributed by atoms with Gasteiger partial charge in [0.1, 0.15) is 12.2 Å². The van der Waals surface area contributed by atoms with Crippen LogP contribution in [0, 0.1) is 13.8 Å². The molecule has 0 aliphatic carbocycles. The maximum Gasteiger partial charge on any atom is 0.354 e. The molecule has 0 spiro atoms. The van der Waals surface area contributed by atoms with Crippen molar-refractivity contribution < 1.29 is 14.7 Å². The number of rotatable bonds is 6. The second-order valence-corrected chi connectivity index (χ2v) is 5.85.